The highest BCUT2D eigenvalue weighted by molar-refractivity contribution is 5.94. The SMILES string of the molecule is O=C(O)CCC[C@@H](NC(=O)/C=C/c1ccccc1)C(=O)O. The predicted octanol–water partition coefficient (Wildman–Crippen LogP) is 1.52. The van der Waals surface area contributed by atoms with Gasteiger partial charge in [0.15, 0.2) is 0 Å². The van der Waals surface area contributed by atoms with Crippen LogP contribution in [-0.4, -0.2) is 34.1 Å². The number of carbonyl (C=O) groups excluding carboxylic acids is 1. The van der Waals surface area contributed by atoms with Crippen LogP contribution in [0.4, 0.5) is 0 Å². The maximum absolute atomic E-state index is 11.7. The number of rotatable bonds is 8. The van der Waals surface area contributed by atoms with Crippen LogP contribution in [0.3, 0.4) is 0 Å². The topological polar surface area (TPSA) is 104 Å². The van der Waals surface area contributed by atoms with Gasteiger partial charge in [-0.25, -0.2) is 4.79 Å². The molecule has 6 nitrogen and oxygen atoms in total. The van der Waals surface area contributed by atoms with Crippen molar-refractivity contribution in [3.8, 4) is 0 Å². The molecule has 0 spiro atoms. The predicted molar refractivity (Wildman–Crippen MR) is 76.5 cm³/mol. The van der Waals surface area contributed by atoms with E-state index in [-0.39, 0.29) is 19.3 Å². The van der Waals surface area contributed by atoms with Gasteiger partial charge in [0.1, 0.15) is 6.04 Å². The Bertz CT molecular complexity index is 524. The van der Waals surface area contributed by atoms with E-state index in [1.807, 2.05) is 30.3 Å². The number of hydrogen-bond donors (Lipinski definition) is 3. The average molecular weight is 291 g/mol. The van der Waals surface area contributed by atoms with Gasteiger partial charge in [-0.05, 0) is 24.5 Å². The molecule has 6 heteroatoms. The Labute approximate surface area is 122 Å². The average Bonchev–Trinajstić information content (AvgIpc) is 2.44. The van der Waals surface area contributed by atoms with Crippen molar-refractivity contribution in [2.45, 2.75) is 25.3 Å². The molecule has 1 amide bonds. The maximum Gasteiger partial charge on any atom is 0.326 e. The molecule has 0 aliphatic heterocycles. The summed E-state index contributed by atoms with van der Waals surface area (Å²) in [5, 5.41) is 19.8. The zero-order valence-electron chi connectivity index (χ0n) is 11.4. The van der Waals surface area contributed by atoms with Crippen LogP contribution in [0.1, 0.15) is 24.8 Å². The summed E-state index contributed by atoms with van der Waals surface area (Å²) in [6, 6.07) is 8.03. The largest absolute Gasteiger partial charge is 0.481 e. The molecule has 0 unspecified atom stereocenters. The molecule has 21 heavy (non-hydrogen) atoms. The number of hydrogen-bond acceptors (Lipinski definition) is 3. The van der Waals surface area contributed by atoms with Gasteiger partial charge in [0.2, 0.25) is 5.91 Å². The van der Waals surface area contributed by atoms with Crippen molar-refractivity contribution in [2.24, 2.45) is 0 Å². The lowest BCUT2D eigenvalue weighted by Gasteiger charge is -2.12. The van der Waals surface area contributed by atoms with Crippen molar-refractivity contribution in [3.05, 3.63) is 42.0 Å². The summed E-state index contributed by atoms with van der Waals surface area (Å²) in [5.41, 5.74) is 0.824. The summed E-state index contributed by atoms with van der Waals surface area (Å²) in [5.74, 6) is -2.70. The summed E-state index contributed by atoms with van der Waals surface area (Å²) in [6.45, 7) is 0. The van der Waals surface area contributed by atoms with E-state index in [9.17, 15) is 14.4 Å². The summed E-state index contributed by atoms with van der Waals surface area (Å²) < 4.78 is 0. The van der Waals surface area contributed by atoms with E-state index in [0.29, 0.717) is 0 Å². The molecular formula is C15H17NO5. The molecule has 0 radical (unpaired) electrons. The second-order valence-corrected chi connectivity index (χ2v) is 4.43. The third-order valence-electron chi connectivity index (χ3n) is 2.72. The standard InChI is InChI=1S/C15H17NO5/c17-13(10-9-11-5-2-1-3-6-11)16-12(15(20)21)7-4-8-14(18)19/h1-3,5-6,9-10,12H,4,7-8H2,(H,16,17)(H,18,19)(H,20,21)/b10-9+/t12-/m1/s1. The minimum absolute atomic E-state index is 0.0759. The molecule has 112 valence electrons. The smallest absolute Gasteiger partial charge is 0.326 e. The summed E-state index contributed by atoms with van der Waals surface area (Å²) in [6.07, 6.45) is 2.97. The number of carboxylic acid groups (broad SMARTS) is 2. The Morgan fingerprint density at radius 1 is 1.14 bits per heavy atom. The fourth-order valence-corrected chi connectivity index (χ4v) is 1.67. The van der Waals surface area contributed by atoms with E-state index in [1.54, 1.807) is 6.08 Å². The first-order valence-corrected chi connectivity index (χ1v) is 6.47. The molecular weight excluding hydrogens is 274 g/mol. The van der Waals surface area contributed by atoms with Gasteiger partial charge < -0.3 is 15.5 Å². The first kappa shape index (κ1) is 16.4. The molecule has 0 aliphatic carbocycles. The summed E-state index contributed by atoms with van der Waals surface area (Å²) >= 11 is 0. The summed E-state index contributed by atoms with van der Waals surface area (Å²) in [4.78, 5) is 33.0. The van der Waals surface area contributed by atoms with E-state index in [4.69, 9.17) is 10.2 Å². The van der Waals surface area contributed by atoms with Crippen molar-refractivity contribution in [1.82, 2.24) is 5.32 Å². The maximum atomic E-state index is 11.7. The van der Waals surface area contributed by atoms with E-state index in [1.165, 1.54) is 6.08 Å². The fourth-order valence-electron chi connectivity index (χ4n) is 1.67. The third-order valence-corrected chi connectivity index (χ3v) is 2.72. The molecule has 1 aromatic rings. The van der Waals surface area contributed by atoms with Crippen molar-refractivity contribution in [1.29, 1.82) is 0 Å². The van der Waals surface area contributed by atoms with Crippen LogP contribution in [0.2, 0.25) is 0 Å². The number of amides is 1. The van der Waals surface area contributed by atoms with Gasteiger partial charge in [-0.3, -0.25) is 9.59 Å². The third kappa shape index (κ3) is 6.91. The molecule has 0 aromatic heterocycles. The van der Waals surface area contributed by atoms with Gasteiger partial charge in [0, 0.05) is 12.5 Å². The van der Waals surface area contributed by atoms with E-state index in [0.717, 1.165) is 5.56 Å². The molecule has 1 rings (SSSR count). The molecule has 0 fully saturated rings. The number of aliphatic carboxylic acids is 2. The van der Waals surface area contributed by atoms with Crippen molar-refractivity contribution in [3.63, 3.8) is 0 Å². The Morgan fingerprint density at radius 2 is 1.81 bits per heavy atom. The molecule has 0 heterocycles. The number of nitrogens with one attached hydrogen (secondary N) is 1. The molecule has 0 bridgehead atoms. The molecule has 1 aromatic carbocycles. The fraction of sp³-hybridized carbons (Fsp3) is 0.267. The lowest BCUT2D eigenvalue weighted by molar-refractivity contribution is -0.142. The van der Waals surface area contributed by atoms with Gasteiger partial charge in [-0.1, -0.05) is 30.3 Å². The van der Waals surface area contributed by atoms with E-state index in [2.05, 4.69) is 5.32 Å². The van der Waals surface area contributed by atoms with Crippen molar-refractivity contribution in [2.75, 3.05) is 0 Å². The lowest BCUT2D eigenvalue weighted by atomic mass is 10.1. The van der Waals surface area contributed by atoms with E-state index < -0.39 is 23.9 Å². The quantitative estimate of drug-likeness (QED) is 0.630. The van der Waals surface area contributed by atoms with Crippen LogP contribution < -0.4 is 5.32 Å². The zero-order valence-corrected chi connectivity index (χ0v) is 11.4. The Kier molecular flexibility index (Phi) is 6.67. The highest BCUT2D eigenvalue weighted by Crippen LogP contribution is 2.03. The molecule has 0 saturated carbocycles. The Morgan fingerprint density at radius 3 is 2.38 bits per heavy atom. The Balaban J connectivity index is 2.50. The first-order valence-electron chi connectivity index (χ1n) is 6.47. The molecule has 3 N–H and O–H groups in total. The van der Waals surface area contributed by atoms with Crippen LogP contribution >= 0.6 is 0 Å². The van der Waals surface area contributed by atoms with Crippen LogP contribution in [0.25, 0.3) is 6.08 Å². The van der Waals surface area contributed by atoms with Crippen molar-refractivity contribution >= 4 is 23.9 Å². The molecule has 0 aliphatic rings. The molecule has 0 saturated heterocycles. The van der Waals surface area contributed by atoms with Gasteiger partial charge in [0.25, 0.3) is 0 Å². The monoisotopic (exact) mass is 291 g/mol. The molecule has 1 atom stereocenters. The van der Waals surface area contributed by atoms with Crippen molar-refractivity contribution < 1.29 is 24.6 Å². The van der Waals surface area contributed by atoms with Gasteiger partial charge in [0.05, 0.1) is 0 Å². The first-order chi connectivity index (χ1) is 9.99. The zero-order chi connectivity index (χ0) is 15.7. The lowest BCUT2D eigenvalue weighted by Crippen LogP contribution is -2.40. The second-order valence-electron chi connectivity index (χ2n) is 4.43. The van der Waals surface area contributed by atoms with E-state index >= 15 is 0 Å². The summed E-state index contributed by atoms with van der Waals surface area (Å²) in [7, 11) is 0. The van der Waals surface area contributed by atoms with Crippen LogP contribution in [0.5, 0.6) is 0 Å². The highest BCUT2D eigenvalue weighted by atomic mass is 16.4. The van der Waals surface area contributed by atoms with Gasteiger partial charge in [-0.2, -0.15) is 0 Å². The minimum atomic E-state index is -1.18. The van der Waals surface area contributed by atoms with Crippen LogP contribution in [-0.2, 0) is 14.4 Å². The van der Waals surface area contributed by atoms with Crippen LogP contribution in [0, 0.1) is 0 Å². The number of carboxylic acids is 2. The number of benzene rings is 1. The number of carbonyl (C=O) groups is 3. The second kappa shape index (κ2) is 8.52. The highest BCUT2D eigenvalue weighted by Gasteiger charge is 2.18. The van der Waals surface area contributed by atoms with Gasteiger partial charge >= 0.3 is 11.9 Å². The normalized spacial score (nSPS) is 12.0. The van der Waals surface area contributed by atoms with Crippen LogP contribution in [0.15, 0.2) is 36.4 Å². The van der Waals surface area contributed by atoms with Gasteiger partial charge in [-0.15, -0.1) is 0 Å². The minimum Gasteiger partial charge on any atom is -0.481 e. The Hall–Kier alpha value is -2.63.